The predicted molar refractivity (Wildman–Crippen MR) is 420 cm³/mol. The number of rotatable bonds is 11. The number of halogens is 11. The van der Waals surface area contributed by atoms with E-state index in [1.807, 2.05) is 121 Å². The zero-order chi connectivity index (χ0) is 77.6. The lowest BCUT2D eigenvalue weighted by Gasteiger charge is -2.11. The second-order valence-corrected chi connectivity index (χ2v) is 28.9. The summed E-state index contributed by atoms with van der Waals surface area (Å²) in [6, 6.07) is 39.4. The maximum Gasteiger partial charge on any atom is 0.336 e. The predicted octanol–water partition coefficient (Wildman–Crippen LogP) is 25.6. The van der Waals surface area contributed by atoms with Crippen LogP contribution in [0.1, 0.15) is 246 Å². The van der Waals surface area contributed by atoms with Gasteiger partial charge in [0, 0.05) is 67.8 Å². The van der Waals surface area contributed by atoms with Gasteiger partial charge in [-0.25, -0.2) is 13.6 Å². The Morgan fingerprint density at radius 1 is 0.366 bits per heavy atom. The topological polar surface area (TPSA) is 251 Å². The highest BCUT2D eigenvalue weighted by Gasteiger charge is 2.19. The van der Waals surface area contributed by atoms with Crippen molar-refractivity contribution in [2.75, 3.05) is 17.2 Å². The number of carboxylic acids is 1. The first-order valence-electron chi connectivity index (χ1n) is 31.9. The third kappa shape index (κ3) is 29.3. The molecule has 0 aliphatic rings. The van der Waals surface area contributed by atoms with Crippen molar-refractivity contribution >= 4 is 127 Å². The van der Waals surface area contributed by atoms with E-state index in [0.717, 1.165) is 44.1 Å². The van der Waals surface area contributed by atoms with E-state index in [2.05, 4.69) is 26.0 Å². The van der Waals surface area contributed by atoms with E-state index in [9.17, 15) is 13.6 Å². The molecule has 0 radical (unpaired) electrons. The van der Waals surface area contributed by atoms with Crippen LogP contribution in [0.5, 0.6) is 0 Å². The highest BCUT2D eigenvalue weighted by atomic mass is 35.5. The van der Waals surface area contributed by atoms with Gasteiger partial charge in [0.1, 0.15) is 11.6 Å². The minimum absolute atomic E-state index is 0.0299. The molecular formula is C79H88Cl9F2N7O4. The fourth-order valence-corrected chi connectivity index (χ4v) is 14.0. The lowest BCUT2D eigenvalue weighted by molar-refractivity contribution is 0.0695. The van der Waals surface area contributed by atoms with Crippen molar-refractivity contribution in [2.45, 2.75) is 171 Å². The van der Waals surface area contributed by atoms with Gasteiger partial charge in [-0.1, -0.05) is 233 Å². The van der Waals surface area contributed by atoms with E-state index in [4.69, 9.17) is 158 Å². The van der Waals surface area contributed by atoms with Crippen LogP contribution in [0.3, 0.4) is 0 Å². The monoisotopic (exact) mass is 1550 g/mol. The molecule has 101 heavy (non-hydrogen) atoms. The van der Waals surface area contributed by atoms with E-state index in [-0.39, 0.29) is 48.6 Å². The Hall–Kier alpha value is -7.02. The number of nitrogen functional groups attached to an aromatic ring is 3. The Kier molecular flexibility index (Phi) is 41.1. The Labute approximate surface area is 640 Å². The van der Waals surface area contributed by atoms with Crippen LogP contribution < -0.4 is 17.2 Å². The highest BCUT2D eigenvalue weighted by molar-refractivity contribution is 6.37. The Morgan fingerprint density at radius 3 is 1.06 bits per heavy atom. The molecule has 8 rings (SSSR count). The zero-order valence-electron chi connectivity index (χ0n) is 59.4. The van der Waals surface area contributed by atoms with E-state index in [1.165, 1.54) is 18.2 Å². The number of carboxylic acid groups (broad SMARTS) is 1. The number of anilines is 3. The van der Waals surface area contributed by atoms with Crippen LogP contribution in [0.25, 0.3) is 0 Å². The van der Waals surface area contributed by atoms with Crippen molar-refractivity contribution in [3.63, 3.8) is 0 Å². The Bertz CT molecular complexity index is 4130. The number of carbonyl (C=O) groups is 1. The molecule has 0 heterocycles. The molecule has 0 unspecified atom stereocenters. The van der Waals surface area contributed by atoms with Gasteiger partial charge in [0.2, 0.25) is 0 Å². The molecule has 22 heteroatoms. The Balaban J connectivity index is 0.000000578. The standard InChI is InChI=1S/C11H12ClNO.C10H12Cl2O.C10H9ClFN.C10H11ClN2.C10H11ClO2.C10H10FN.C9H11Cl2N.C9H12ClN/c1-7(2)11-9(5-13)3-8(6-14)4-10(11)12;1-6(2)10-8(11)3-7(5-13)4-9(10)12;1-6(2)10-7(5-13)3-8(12)4-9(10)11;1-6(2)10-7(5-12)3-8(13)4-9(10)11;1-6(2)9-7(10(12)13)4-3-5-8(9)11;1-7(2)10-8(6-12)4-3-5-9(10)11;1-5(2)9-7(10)3-6(12)4-8(9)11;1-6(2)8-4-3-7(11)5-9(8)10/h3-4,7,14H,6H2,1-2H3;3-4,6,13H,5H2,1-2H3;3-4,6H,1-2H3;3-4,6H,13H2,1-2H3;3-6H,1-2H3,(H,12,13);3-5,7H,1-2H3;3-5H,12H2,1-2H3;3-6H,11H2,1-2H3. The number of hydrogen-bond donors (Lipinski definition) is 6. The number of hydrogen-bond acceptors (Lipinski definition) is 10. The van der Waals surface area contributed by atoms with Crippen LogP contribution in [-0.2, 0) is 13.2 Å². The van der Waals surface area contributed by atoms with Crippen LogP contribution in [0.4, 0.5) is 25.8 Å². The average Bonchev–Trinajstić information content (AvgIpc) is 0.856. The first-order valence-corrected chi connectivity index (χ1v) is 35.3. The maximum atomic E-state index is 13.1. The first kappa shape index (κ1) is 92.0. The summed E-state index contributed by atoms with van der Waals surface area (Å²) in [4.78, 5) is 10.8. The number of nitrogens with zero attached hydrogens (tertiary/aromatic N) is 4. The van der Waals surface area contributed by atoms with Crippen molar-refractivity contribution in [3.8, 4) is 24.3 Å². The molecule has 0 aliphatic heterocycles. The molecule has 9 N–H and O–H groups in total. The molecule has 8 aromatic carbocycles. The van der Waals surface area contributed by atoms with Gasteiger partial charge in [0.25, 0.3) is 0 Å². The summed E-state index contributed by atoms with van der Waals surface area (Å²) >= 11 is 53.6. The molecule has 8 aromatic rings. The van der Waals surface area contributed by atoms with Gasteiger partial charge in [0.15, 0.2) is 0 Å². The van der Waals surface area contributed by atoms with Gasteiger partial charge in [-0.05, 0) is 194 Å². The molecule has 540 valence electrons. The molecule has 0 aliphatic carbocycles. The van der Waals surface area contributed by atoms with Crippen molar-refractivity contribution < 1.29 is 28.9 Å². The van der Waals surface area contributed by atoms with Crippen LogP contribution in [0.15, 0.2) is 115 Å². The van der Waals surface area contributed by atoms with Crippen molar-refractivity contribution in [3.05, 3.63) is 256 Å². The molecule has 0 spiro atoms. The quantitative estimate of drug-likeness (QED) is 0.0664. The van der Waals surface area contributed by atoms with Crippen LogP contribution in [0, 0.1) is 57.0 Å². The molecule has 11 nitrogen and oxygen atoms in total. The summed E-state index contributed by atoms with van der Waals surface area (Å²) in [6.45, 7) is 31.7. The second kappa shape index (κ2) is 45.2. The number of aliphatic hydroxyl groups is 2. The molecule has 0 aromatic heterocycles. The summed E-state index contributed by atoms with van der Waals surface area (Å²) in [7, 11) is 0. The van der Waals surface area contributed by atoms with Gasteiger partial charge in [-0.15, -0.1) is 0 Å². The summed E-state index contributed by atoms with van der Waals surface area (Å²) < 4.78 is 26.0. The van der Waals surface area contributed by atoms with Crippen LogP contribution in [-0.4, -0.2) is 21.3 Å². The minimum atomic E-state index is -0.925. The second-order valence-electron chi connectivity index (χ2n) is 25.2. The van der Waals surface area contributed by atoms with Crippen LogP contribution >= 0.6 is 104 Å². The minimum Gasteiger partial charge on any atom is -0.478 e. The van der Waals surface area contributed by atoms with E-state index >= 15 is 0 Å². The molecule has 0 fully saturated rings. The van der Waals surface area contributed by atoms with Gasteiger partial charge in [-0.2, -0.15) is 21.0 Å². The SMILES string of the molecule is CC(C)c1c(Cl)cc(CO)cc1C#N.CC(C)c1c(Cl)cc(CO)cc1Cl.CC(C)c1c(Cl)cc(F)cc1C#N.CC(C)c1c(Cl)cc(N)cc1C#N.CC(C)c1c(Cl)cc(N)cc1Cl.CC(C)c1c(Cl)cccc1C(=O)O.CC(C)c1c(F)cccc1C#N.CC(C)c1ccc(N)cc1Cl. The summed E-state index contributed by atoms with van der Waals surface area (Å²) in [6.07, 6.45) is 0. The number of nitrogens with two attached hydrogens (primary N) is 3. The third-order valence-corrected chi connectivity index (χ3v) is 17.4. The largest absolute Gasteiger partial charge is 0.478 e. The highest BCUT2D eigenvalue weighted by Crippen LogP contribution is 2.37. The van der Waals surface area contributed by atoms with Gasteiger partial charge < -0.3 is 32.5 Å². The summed E-state index contributed by atoms with van der Waals surface area (Å²) in [5, 5.41) is 67.2. The lowest BCUT2D eigenvalue weighted by Crippen LogP contribution is -2.04. The average molecular weight is 1560 g/mol. The van der Waals surface area contributed by atoms with Crippen molar-refractivity contribution in [1.82, 2.24) is 0 Å². The molecule has 0 saturated carbocycles. The Morgan fingerprint density at radius 2 is 0.703 bits per heavy atom. The van der Waals surface area contributed by atoms with Gasteiger partial charge in [-0.3, -0.25) is 0 Å². The van der Waals surface area contributed by atoms with Gasteiger partial charge in [0.05, 0.1) is 65.3 Å². The van der Waals surface area contributed by atoms with E-state index in [1.54, 1.807) is 84.9 Å². The first-order chi connectivity index (χ1) is 47.1. The van der Waals surface area contributed by atoms with E-state index < -0.39 is 11.8 Å². The van der Waals surface area contributed by atoms with Crippen LogP contribution in [0.2, 0.25) is 45.2 Å². The summed E-state index contributed by atoms with van der Waals surface area (Å²) in [5.74, 6) is 0.165. The normalized spacial score (nSPS) is 10.4. The molecular weight excluding hydrogens is 1470 g/mol. The number of aromatic carboxylic acids is 1. The van der Waals surface area contributed by atoms with E-state index in [0.29, 0.717) is 119 Å². The fourth-order valence-electron chi connectivity index (χ4n) is 10.0. The molecule has 0 bridgehead atoms. The lowest BCUT2D eigenvalue weighted by atomic mass is 9.96. The molecule has 0 saturated heterocycles. The fraction of sp³-hybridized carbons (Fsp3) is 0.329. The number of benzene rings is 8. The van der Waals surface area contributed by atoms with Crippen molar-refractivity contribution in [2.24, 2.45) is 0 Å². The molecule has 0 atom stereocenters. The van der Waals surface area contributed by atoms with Crippen molar-refractivity contribution in [1.29, 1.82) is 21.0 Å². The van der Waals surface area contributed by atoms with Gasteiger partial charge >= 0.3 is 5.97 Å². The number of nitriles is 4. The third-order valence-electron chi connectivity index (χ3n) is 14.5. The number of aliphatic hydroxyl groups excluding tert-OH is 2. The summed E-state index contributed by atoms with van der Waals surface area (Å²) in [5.41, 5.74) is 28.9. The molecule has 0 amide bonds. The smallest absolute Gasteiger partial charge is 0.336 e. The zero-order valence-corrected chi connectivity index (χ0v) is 66.2. The maximum absolute atomic E-state index is 13.1.